The SMILES string of the molecule is CC(C)(C#N)c1ccc(NCC#Cc2cc3c(NC4CCN(C5CCOCC5)CC4)cccc3n2CC(F)(F)F)cn1. The molecule has 2 N–H and O–H groups in total. The first-order valence-electron chi connectivity index (χ1n) is 14.5. The molecule has 0 saturated carbocycles. The number of pyridine rings is 1. The van der Waals surface area contributed by atoms with Crippen molar-refractivity contribution >= 4 is 22.3 Å². The number of nitrogens with one attached hydrogen (secondary N) is 2. The third-order valence-electron chi connectivity index (χ3n) is 8.16. The lowest BCUT2D eigenvalue weighted by molar-refractivity contribution is -0.140. The van der Waals surface area contributed by atoms with Crippen molar-refractivity contribution in [1.29, 1.82) is 5.26 Å². The van der Waals surface area contributed by atoms with E-state index in [4.69, 9.17) is 4.74 Å². The van der Waals surface area contributed by atoms with Gasteiger partial charge in [-0.2, -0.15) is 18.4 Å². The van der Waals surface area contributed by atoms with Gasteiger partial charge in [-0.05, 0) is 75.8 Å². The topological polar surface area (TPSA) is 78.1 Å². The third kappa shape index (κ3) is 7.18. The fourth-order valence-corrected chi connectivity index (χ4v) is 5.75. The lowest BCUT2D eigenvalue weighted by Gasteiger charge is -2.39. The molecule has 0 radical (unpaired) electrons. The van der Waals surface area contributed by atoms with Crippen molar-refractivity contribution in [3.63, 3.8) is 0 Å². The molecule has 4 heterocycles. The Balaban J connectivity index is 1.29. The molecule has 2 aliphatic heterocycles. The van der Waals surface area contributed by atoms with Gasteiger partial charge in [-0.3, -0.25) is 4.98 Å². The monoisotopic (exact) mass is 578 g/mol. The molecule has 0 spiro atoms. The summed E-state index contributed by atoms with van der Waals surface area (Å²) >= 11 is 0. The van der Waals surface area contributed by atoms with Gasteiger partial charge >= 0.3 is 6.18 Å². The van der Waals surface area contributed by atoms with E-state index in [9.17, 15) is 18.4 Å². The second kappa shape index (κ2) is 12.6. The maximum Gasteiger partial charge on any atom is 0.406 e. The number of benzene rings is 1. The molecule has 10 heteroatoms. The lowest BCUT2D eigenvalue weighted by atomic mass is 9.91. The van der Waals surface area contributed by atoms with Crippen molar-refractivity contribution in [2.24, 2.45) is 0 Å². The van der Waals surface area contributed by atoms with Crippen molar-refractivity contribution in [2.75, 3.05) is 43.5 Å². The molecule has 2 aliphatic rings. The minimum atomic E-state index is -4.38. The number of hydrogen-bond acceptors (Lipinski definition) is 6. The maximum atomic E-state index is 13.6. The van der Waals surface area contributed by atoms with E-state index in [1.54, 1.807) is 44.3 Å². The van der Waals surface area contributed by atoms with Crippen LogP contribution in [0.2, 0.25) is 0 Å². The number of likely N-dealkylation sites (tertiary alicyclic amines) is 1. The zero-order valence-corrected chi connectivity index (χ0v) is 24.1. The first-order valence-corrected chi connectivity index (χ1v) is 14.5. The van der Waals surface area contributed by atoms with Crippen LogP contribution >= 0.6 is 0 Å². The number of nitrogens with zero attached hydrogens (tertiary/aromatic N) is 4. The van der Waals surface area contributed by atoms with E-state index in [0.29, 0.717) is 28.6 Å². The summed E-state index contributed by atoms with van der Waals surface area (Å²) in [6.07, 6.45) is 1.37. The summed E-state index contributed by atoms with van der Waals surface area (Å²) in [5.41, 5.74) is 2.34. The maximum absolute atomic E-state index is 13.6. The molecule has 42 heavy (non-hydrogen) atoms. The van der Waals surface area contributed by atoms with Crippen LogP contribution in [0, 0.1) is 23.2 Å². The molecule has 222 valence electrons. The molecule has 0 atom stereocenters. The number of fused-ring (bicyclic) bond motifs is 1. The Morgan fingerprint density at radius 2 is 1.83 bits per heavy atom. The quantitative estimate of drug-likeness (QED) is 0.339. The molecular weight excluding hydrogens is 541 g/mol. The summed E-state index contributed by atoms with van der Waals surface area (Å²) in [5, 5.41) is 16.8. The van der Waals surface area contributed by atoms with Crippen molar-refractivity contribution in [3.8, 4) is 17.9 Å². The van der Waals surface area contributed by atoms with Gasteiger partial charge in [0.15, 0.2) is 0 Å². The molecule has 0 aliphatic carbocycles. The first-order chi connectivity index (χ1) is 20.1. The molecule has 7 nitrogen and oxygen atoms in total. The van der Waals surface area contributed by atoms with E-state index in [2.05, 4.69) is 38.4 Å². The van der Waals surface area contributed by atoms with Crippen LogP contribution in [0.4, 0.5) is 24.5 Å². The largest absolute Gasteiger partial charge is 0.406 e. The summed E-state index contributed by atoms with van der Waals surface area (Å²) in [6.45, 7) is 6.38. The number of anilines is 2. The second-order valence-electron chi connectivity index (χ2n) is 11.6. The predicted octanol–water partition coefficient (Wildman–Crippen LogP) is 5.92. The molecule has 2 aromatic heterocycles. The molecule has 2 saturated heterocycles. The van der Waals surface area contributed by atoms with E-state index >= 15 is 0 Å². The van der Waals surface area contributed by atoms with Crippen LogP contribution in [0.1, 0.15) is 50.9 Å². The van der Waals surface area contributed by atoms with Crippen LogP contribution in [0.5, 0.6) is 0 Å². The van der Waals surface area contributed by atoms with E-state index in [0.717, 1.165) is 63.1 Å². The summed E-state index contributed by atoms with van der Waals surface area (Å²) < 4.78 is 47.6. The second-order valence-corrected chi connectivity index (χ2v) is 11.6. The van der Waals surface area contributed by atoms with Gasteiger partial charge in [0.1, 0.15) is 6.54 Å². The van der Waals surface area contributed by atoms with E-state index in [-0.39, 0.29) is 12.6 Å². The Hall–Kier alpha value is -3.73. The molecule has 1 aromatic carbocycles. The van der Waals surface area contributed by atoms with Crippen LogP contribution in [0.3, 0.4) is 0 Å². The Kier molecular flexibility index (Phi) is 8.96. The zero-order chi connectivity index (χ0) is 29.7. The average Bonchev–Trinajstić information content (AvgIpc) is 3.33. The average molecular weight is 579 g/mol. The molecule has 0 bridgehead atoms. The summed E-state index contributed by atoms with van der Waals surface area (Å²) in [4.78, 5) is 6.91. The number of nitriles is 1. The number of ether oxygens (including phenoxy) is 1. The van der Waals surface area contributed by atoms with Crippen molar-refractivity contribution in [1.82, 2.24) is 14.5 Å². The number of halogens is 3. The highest BCUT2D eigenvalue weighted by Gasteiger charge is 2.30. The highest BCUT2D eigenvalue weighted by Crippen LogP contribution is 2.32. The lowest BCUT2D eigenvalue weighted by Crippen LogP contribution is -2.46. The zero-order valence-electron chi connectivity index (χ0n) is 24.1. The van der Waals surface area contributed by atoms with Crippen molar-refractivity contribution in [3.05, 3.63) is 54.0 Å². The van der Waals surface area contributed by atoms with Gasteiger partial charge in [-0.1, -0.05) is 12.0 Å². The standard InChI is InChI=1S/C32H37F3N6O/c1-31(2,21-36)30-9-8-24(20-38-30)37-14-4-5-26-19-27-28(6-3-7-29(27)41(26)22-32(33,34)35)39-23-10-15-40(16-11-23)25-12-17-42-18-13-25/h3,6-9,19-20,23,25,37,39H,10-18,22H2,1-2H3. The Morgan fingerprint density at radius 3 is 2.50 bits per heavy atom. The minimum Gasteiger partial charge on any atom is -0.382 e. The molecule has 3 aromatic rings. The molecular formula is C32H37F3N6O. The molecule has 2 fully saturated rings. The number of rotatable bonds is 7. The van der Waals surface area contributed by atoms with Gasteiger partial charge in [0, 0.05) is 49.5 Å². The third-order valence-corrected chi connectivity index (χ3v) is 8.16. The minimum absolute atomic E-state index is 0.229. The number of hydrogen-bond donors (Lipinski definition) is 2. The van der Waals surface area contributed by atoms with Crippen molar-refractivity contribution in [2.45, 2.75) is 69.8 Å². The fourth-order valence-electron chi connectivity index (χ4n) is 5.75. The van der Waals surface area contributed by atoms with Crippen LogP contribution < -0.4 is 10.6 Å². The highest BCUT2D eigenvalue weighted by molar-refractivity contribution is 5.94. The van der Waals surface area contributed by atoms with E-state index < -0.39 is 18.1 Å². The molecule has 0 unspecified atom stereocenters. The fraction of sp³-hybridized carbons (Fsp3) is 0.500. The van der Waals surface area contributed by atoms with Gasteiger partial charge < -0.3 is 24.8 Å². The van der Waals surface area contributed by atoms with Gasteiger partial charge in [-0.15, -0.1) is 0 Å². The van der Waals surface area contributed by atoms with Gasteiger partial charge in [-0.25, -0.2) is 0 Å². The number of piperidine rings is 1. The van der Waals surface area contributed by atoms with E-state index in [1.165, 1.54) is 4.57 Å². The van der Waals surface area contributed by atoms with Crippen LogP contribution in [-0.2, 0) is 16.7 Å². The summed E-state index contributed by atoms with van der Waals surface area (Å²) in [5.74, 6) is 5.92. The van der Waals surface area contributed by atoms with Crippen LogP contribution in [0.25, 0.3) is 10.9 Å². The molecule has 0 amide bonds. The Labute approximate surface area is 245 Å². The van der Waals surface area contributed by atoms with Crippen LogP contribution in [0.15, 0.2) is 42.6 Å². The van der Waals surface area contributed by atoms with Gasteiger partial charge in [0.05, 0.1) is 46.8 Å². The predicted molar refractivity (Wildman–Crippen MR) is 158 cm³/mol. The first kappa shape index (κ1) is 29.8. The number of alkyl halides is 3. The van der Waals surface area contributed by atoms with Gasteiger partial charge in [0.25, 0.3) is 0 Å². The van der Waals surface area contributed by atoms with Gasteiger partial charge in [0.2, 0.25) is 0 Å². The normalized spacial score (nSPS) is 17.4. The molecule has 5 rings (SSSR count). The summed E-state index contributed by atoms with van der Waals surface area (Å²) in [7, 11) is 0. The van der Waals surface area contributed by atoms with Crippen molar-refractivity contribution < 1.29 is 17.9 Å². The summed E-state index contributed by atoms with van der Waals surface area (Å²) in [6, 6.07) is 13.9. The number of aromatic nitrogens is 2. The van der Waals surface area contributed by atoms with Crippen LogP contribution in [-0.4, -0.2) is 65.6 Å². The Bertz CT molecular complexity index is 1460. The Morgan fingerprint density at radius 1 is 1.07 bits per heavy atom. The highest BCUT2D eigenvalue weighted by atomic mass is 19.4. The van der Waals surface area contributed by atoms with E-state index in [1.807, 2.05) is 12.1 Å². The smallest absolute Gasteiger partial charge is 0.382 e.